The highest BCUT2D eigenvalue weighted by Crippen LogP contribution is 2.30. The van der Waals surface area contributed by atoms with E-state index in [1.54, 1.807) is 0 Å². The van der Waals surface area contributed by atoms with Gasteiger partial charge in [0.1, 0.15) is 6.10 Å². The first-order chi connectivity index (χ1) is 16.6. The standard InChI is InChI=1S/C26H31N5O3/c1-31-13-2-3-20(31)10-12-28-24(32)18-6-4-17(5-7-18)19-8-9-23-22(15-19)25(30-26(27)29-23)34-21-11-14-33-16-21/h4-9,15,20-21H,2-3,10-14,16H2,1H3,(H,28,32)(H2,27,29,30). The van der Waals surface area contributed by atoms with Crippen LogP contribution in [-0.4, -0.2) is 66.3 Å². The highest BCUT2D eigenvalue weighted by Gasteiger charge is 2.21. The van der Waals surface area contributed by atoms with Crippen LogP contribution in [0.15, 0.2) is 42.5 Å². The number of rotatable bonds is 7. The number of nitrogens with two attached hydrogens (primary N) is 1. The predicted octanol–water partition coefficient (Wildman–Crippen LogP) is 3.26. The molecule has 0 spiro atoms. The molecule has 3 N–H and O–H groups in total. The van der Waals surface area contributed by atoms with Crippen molar-refractivity contribution in [1.82, 2.24) is 20.2 Å². The van der Waals surface area contributed by atoms with Crippen LogP contribution in [0, 0.1) is 0 Å². The monoisotopic (exact) mass is 461 g/mol. The van der Waals surface area contributed by atoms with E-state index < -0.39 is 0 Å². The number of hydrogen-bond acceptors (Lipinski definition) is 7. The molecule has 178 valence electrons. The molecule has 2 fully saturated rings. The van der Waals surface area contributed by atoms with Gasteiger partial charge in [-0.25, -0.2) is 4.98 Å². The van der Waals surface area contributed by atoms with Gasteiger partial charge in [-0.15, -0.1) is 0 Å². The Morgan fingerprint density at radius 2 is 2.00 bits per heavy atom. The van der Waals surface area contributed by atoms with Crippen LogP contribution < -0.4 is 15.8 Å². The maximum Gasteiger partial charge on any atom is 0.251 e. The Bertz CT molecular complexity index is 1160. The zero-order valence-corrected chi connectivity index (χ0v) is 19.5. The molecule has 1 amide bonds. The number of nitrogen functional groups attached to an aromatic ring is 1. The average molecular weight is 462 g/mol. The molecule has 2 saturated heterocycles. The predicted molar refractivity (Wildman–Crippen MR) is 132 cm³/mol. The lowest BCUT2D eigenvalue weighted by Gasteiger charge is -2.19. The van der Waals surface area contributed by atoms with Crippen molar-refractivity contribution in [3.8, 4) is 17.0 Å². The molecule has 5 rings (SSSR count). The topological polar surface area (TPSA) is 103 Å². The van der Waals surface area contributed by atoms with Crippen molar-refractivity contribution in [2.75, 3.05) is 39.1 Å². The third-order valence-corrected chi connectivity index (χ3v) is 6.76. The molecule has 8 nitrogen and oxygen atoms in total. The number of aromatic nitrogens is 2. The minimum Gasteiger partial charge on any atom is -0.471 e. The number of anilines is 1. The molecule has 0 saturated carbocycles. The Hall–Kier alpha value is -3.23. The highest BCUT2D eigenvalue weighted by molar-refractivity contribution is 5.95. The van der Waals surface area contributed by atoms with Crippen LogP contribution in [0.5, 0.6) is 5.88 Å². The lowest BCUT2D eigenvalue weighted by atomic mass is 10.0. The Morgan fingerprint density at radius 3 is 2.74 bits per heavy atom. The molecule has 34 heavy (non-hydrogen) atoms. The minimum atomic E-state index is -0.0379. The van der Waals surface area contributed by atoms with Crippen LogP contribution >= 0.6 is 0 Å². The normalized spacial score (nSPS) is 20.6. The third-order valence-electron chi connectivity index (χ3n) is 6.76. The number of hydrogen-bond donors (Lipinski definition) is 2. The molecule has 2 unspecified atom stereocenters. The van der Waals surface area contributed by atoms with Crippen molar-refractivity contribution in [3.63, 3.8) is 0 Å². The number of amides is 1. The van der Waals surface area contributed by atoms with Crippen LogP contribution in [0.2, 0.25) is 0 Å². The summed E-state index contributed by atoms with van der Waals surface area (Å²) in [5.41, 5.74) is 9.27. The molecule has 2 atom stereocenters. The number of carbonyl (C=O) groups excluding carboxylic acids is 1. The summed E-state index contributed by atoms with van der Waals surface area (Å²) in [4.78, 5) is 23.6. The first-order valence-corrected chi connectivity index (χ1v) is 12.0. The van der Waals surface area contributed by atoms with Crippen LogP contribution in [0.4, 0.5) is 5.95 Å². The second-order valence-corrected chi connectivity index (χ2v) is 9.12. The van der Waals surface area contributed by atoms with Crippen molar-refractivity contribution in [3.05, 3.63) is 48.0 Å². The van der Waals surface area contributed by atoms with E-state index in [9.17, 15) is 4.79 Å². The lowest BCUT2D eigenvalue weighted by Crippen LogP contribution is -2.31. The maximum absolute atomic E-state index is 12.6. The van der Waals surface area contributed by atoms with Crippen molar-refractivity contribution in [2.45, 2.75) is 37.8 Å². The third kappa shape index (κ3) is 4.98. The zero-order chi connectivity index (χ0) is 23.5. The van der Waals surface area contributed by atoms with Gasteiger partial charge in [0.05, 0.1) is 24.1 Å². The second-order valence-electron chi connectivity index (χ2n) is 9.12. The van der Waals surface area contributed by atoms with Crippen molar-refractivity contribution in [1.29, 1.82) is 0 Å². The molecule has 2 aromatic carbocycles. The molecule has 0 aliphatic carbocycles. The maximum atomic E-state index is 12.6. The van der Waals surface area contributed by atoms with E-state index in [2.05, 4.69) is 27.2 Å². The van der Waals surface area contributed by atoms with Gasteiger partial charge in [-0.05, 0) is 68.2 Å². The molecule has 3 heterocycles. The van der Waals surface area contributed by atoms with Gasteiger partial charge >= 0.3 is 0 Å². The van der Waals surface area contributed by atoms with E-state index in [0.29, 0.717) is 37.2 Å². The van der Waals surface area contributed by atoms with Gasteiger partial charge < -0.3 is 25.4 Å². The van der Waals surface area contributed by atoms with Gasteiger partial charge in [-0.3, -0.25) is 4.79 Å². The lowest BCUT2D eigenvalue weighted by molar-refractivity contribution is 0.0950. The Kier molecular flexibility index (Phi) is 6.60. The van der Waals surface area contributed by atoms with Crippen LogP contribution in [0.1, 0.15) is 36.0 Å². The summed E-state index contributed by atoms with van der Waals surface area (Å²) in [5.74, 6) is 0.622. The van der Waals surface area contributed by atoms with Gasteiger partial charge in [0.25, 0.3) is 5.91 Å². The fourth-order valence-electron chi connectivity index (χ4n) is 4.76. The van der Waals surface area contributed by atoms with Crippen LogP contribution in [0.3, 0.4) is 0 Å². The summed E-state index contributed by atoms with van der Waals surface area (Å²) in [7, 11) is 2.16. The SMILES string of the molecule is CN1CCCC1CCNC(=O)c1ccc(-c2ccc3nc(N)nc(OC4CCOC4)c3c2)cc1. The van der Waals surface area contributed by atoms with E-state index in [-0.39, 0.29) is 18.0 Å². The highest BCUT2D eigenvalue weighted by atomic mass is 16.5. The molecule has 0 radical (unpaired) electrons. The fraction of sp³-hybridized carbons (Fsp3) is 0.423. The average Bonchev–Trinajstić information content (AvgIpc) is 3.50. The number of fused-ring (bicyclic) bond motifs is 1. The van der Waals surface area contributed by atoms with Crippen molar-refractivity contribution in [2.24, 2.45) is 0 Å². The summed E-state index contributed by atoms with van der Waals surface area (Å²) in [6, 6.07) is 14.1. The minimum absolute atomic E-state index is 0.0342. The molecular weight excluding hydrogens is 430 g/mol. The first-order valence-electron chi connectivity index (χ1n) is 12.0. The van der Waals surface area contributed by atoms with Crippen molar-refractivity contribution >= 4 is 22.8 Å². The number of benzene rings is 2. The molecule has 8 heteroatoms. The molecular formula is C26H31N5O3. The Labute approximate surface area is 199 Å². The van der Waals surface area contributed by atoms with E-state index in [4.69, 9.17) is 15.2 Å². The molecule has 0 bridgehead atoms. The quantitative estimate of drug-likeness (QED) is 0.557. The van der Waals surface area contributed by atoms with Gasteiger partial charge in [0.2, 0.25) is 11.8 Å². The second kappa shape index (κ2) is 9.95. The van der Waals surface area contributed by atoms with Gasteiger partial charge in [-0.2, -0.15) is 4.98 Å². The Balaban J connectivity index is 1.29. The summed E-state index contributed by atoms with van der Waals surface area (Å²) in [6.45, 7) is 3.08. The number of nitrogens with zero attached hydrogens (tertiary/aromatic N) is 3. The fourth-order valence-corrected chi connectivity index (χ4v) is 4.76. The molecule has 1 aromatic heterocycles. The summed E-state index contributed by atoms with van der Waals surface area (Å²) in [6.07, 6.45) is 4.24. The van der Waals surface area contributed by atoms with Gasteiger partial charge in [0.15, 0.2) is 0 Å². The largest absolute Gasteiger partial charge is 0.471 e. The first kappa shape index (κ1) is 22.6. The van der Waals surface area contributed by atoms with Crippen molar-refractivity contribution < 1.29 is 14.3 Å². The zero-order valence-electron chi connectivity index (χ0n) is 19.5. The summed E-state index contributed by atoms with van der Waals surface area (Å²) in [5, 5.41) is 3.86. The van der Waals surface area contributed by atoms with E-state index in [1.165, 1.54) is 12.8 Å². The van der Waals surface area contributed by atoms with Crippen LogP contribution in [-0.2, 0) is 4.74 Å². The molecule has 2 aliphatic heterocycles. The summed E-state index contributed by atoms with van der Waals surface area (Å²) >= 11 is 0. The summed E-state index contributed by atoms with van der Waals surface area (Å²) < 4.78 is 11.5. The van der Waals surface area contributed by atoms with Gasteiger partial charge in [-0.1, -0.05) is 18.2 Å². The number of nitrogens with one attached hydrogen (secondary N) is 1. The van der Waals surface area contributed by atoms with E-state index in [1.807, 2.05) is 42.5 Å². The number of carbonyl (C=O) groups is 1. The number of likely N-dealkylation sites (tertiary alicyclic amines) is 1. The van der Waals surface area contributed by atoms with Crippen LogP contribution in [0.25, 0.3) is 22.0 Å². The molecule has 2 aliphatic rings. The van der Waals surface area contributed by atoms with Gasteiger partial charge in [0, 0.05) is 24.6 Å². The molecule has 3 aromatic rings. The number of ether oxygens (including phenoxy) is 2. The Morgan fingerprint density at radius 1 is 1.18 bits per heavy atom. The van der Waals surface area contributed by atoms with E-state index >= 15 is 0 Å². The smallest absolute Gasteiger partial charge is 0.251 e. The van der Waals surface area contributed by atoms with E-state index in [0.717, 1.165) is 41.4 Å².